The van der Waals surface area contributed by atoms with Crippen molar-refractivity contribution >= 4 is 59.0 Å². The molecule has 6 amide bonds. The molecule has 12 atom stereocenters. The van der Waals surface area contributed by atoms with Gasteiger partial charge in [0.2, 0.25) is 35.4 Å². The first-order chi connectivity index (χ1) is 34.9. The predicted octanol–water partition coefficient (Wildman–Crippen LogP) is 3.75. The molecule has 2 aromatic carbocycles. The highest BCUT2D eigenvalue weighted by atomic mass is 32.2. The Morgan fingerprint density at radius 2 is 1.01 bits per heavy atom. The summed E-state index contributed by atoms with van der Waals surface area (Å²) in [6.07, 6.45) is 4.32. The van der Waals surface area contributed by atoms with E-state index in [-0.39, 0.29) is 58.4 Å². The number of hydrogen-bond acceptors (Lipinski definition) is 13. The summed E-state index contributed by atoms with van der Waals surface area (Å²) in [7, 11) is 3.41. The molecule has 4 fully saturated rings. The molecule has 2 aromatic rings. The van der Waals surface area contributed by atoms with Crippen molar-refractivity contribution < 1.29 is 43.0 Å². The summed E-state index contributed by atoms with van der Waals surface area (Å²) in [4.78, 5) is 86.7. The molecule has 400 valence electrons. The summed E-state index contributed by atoms with van der Waals surface area (Å²) >= 11 is 3.35. The molecule has 2 aliphatic carbocycles. The minimum absolute atomic E-state index is 0.165. The van der Waals surface area contributed by atoms with Gasteiger partial charge in [0.15, 0.2) is 0 Å². The summed E-state index contributed by atoms with van der Waals surface area (Å²) in [5.41, 5.74) is 3.26. The highest BCUT2D eigenvalue weighted by Gasteiger charge is 2.57. The number of carbonyl (C=O) groups excluding carboxylic acids is 6. The molecule has 4 heterocycles. The standard InChI is InChI=1S/C54H78N8O9S2/c1-31(55-7)47(63)57-37-19-25-72-41-29-53(3,4)45(61(41)51(37)67)49(65)59-43-35-17-11-9-15-33(35)27-39(43)70-23-13-21-69-22-14-24-71-40-28-34-16-10-12-18-36(34)44(40)60-50(66)46-54(5,6)30-42-62(46)52(68)38(20-26-73-42)58-48(64)32(2)56-8/h9-12,15-18,31-32,37-46,55-56H,13-14,19-30H2,1-8H3,(H,57,63)(H,58,64)(H,59,65)(H,60,66)/t31-,32-,37-,38?,39+,40+,41-,42?,43-,44-,45+,46?/m0/s1. The molecule has 0 aromatic heterocycles. The molecule has 4 saturated heterocycles. The fraction of sp³-hybridized carbons (Fsp3) is 0.667. The molecule has 0 spiro atoms. The van der Waals surface area contributed by atoms with Crippen molar-refractivity contribution in [1.82, 2.24) is 41.7 Å². The molecule has 3 unspecified atom stereocenters. The van der Waals surface area contributed by atoms with Gasteiger partial charge in [-0.25, -0.2) is 0 Å². The molecule has 17 nitrogen and oxygen atoms in total. The zero-order valence-corrected chi connectivity index (χ0v) is 45.5. The first kappa shape index (κ1) is 55.0. The van der Waals surface area contributed by atoms with Gasteiger partial charge in [-0.1, -0.05) is 76.2 Å². The Morgan fingerprint density at radius 3 is 1.41 bits per heavy atom. The molecule has 8 rings (SSSR count). The van der Waals surface area contributed by atoms with Crippen LogP contribution < -0.4 is 31.9 Å². The van der Waals surface area contributed by atoms with Crippen molar-refractivity contribution in [3.05, 3.63) is 70.8 Å². The lowest BCUT2D eigenvalue weighted by molar-refractivity contribution is -0.144. The van der Waals surface area contributed by atoms with Gasteiger partial charge < -0.3 is 55.9 Å². The smallest absolute Gasteiger partial charge is 0.246 e. The Balaban J connectivity index is 0.816. The molecule has 73 heavy (non-hydrogen) atoms. The quantitative estimate of drug-likeness (QED) is 0.105. The van der Waals surface area contributed by atoms with E-state index in [0.29, 0.717) is 89.3 Å². The van der Waals surface area contributed by atoms with Crippen LogP contribution >= 0.6 is 23.5 Å². The Kier molecular flexibility index (Phi) is 17.9. The number of nitrogens with one attached hydrogen (secondary N) is 6. The summed E-state index contributed by atoms with van der Waals surface area (Å²) in [5, 5.41) is 18.1. The van der Waals surface area contributed by atoms with Gasteiger partial charge in [-0.2, -0.15) is 0 Å². The van der Waals surface area contributed by atoms with Gasteiger partial charge in [-0.3, -0.25) is 28.8 Å². The third-order valence-electron chi connectivity index (χ3n) is 15.9. The van der Waals surface area contributed by atoms with Crippen molar-refractivity contribution in [2.75, 3.05) is 52.0 Å². The van der Waals surface area contributed by atoms with Crippen LogP contribution in [0, 0.1) is 10.8 Å². The van der Waals surface area contributed by atoms with Gasteiger partial charge in [0.25, 0.3) is 0 Å². The number of rotatable bonds is 20. The number of ether oxygens (including phenoxy) is 3. The monoisotopic (exact) mass is 1050 g/mol. The first-order valence-electron chi connectivity index (χ1n) is 26.3. The number of carbonyl (C=O) groups is 6. The number of amides is 6. The minimum Gasteiger partial charge on any atom is -0.381 e. The maximum atomic E-state index is 14.5. The summed E-state index contributed by atoms with van der Waals surface area (Å²) < 4.78 is 19.1. The Labute approximate surface area is 439 Å². The van der Waals surface area contributed by atoms with E-state index < -0.39 is 59.2 Å². The van der Waals surface area contributed by atoms with Crippen molar-refractivity contribution in [2.24, 2.45) is 10.8 Å². The van der Waals surface area contributed by atoms with Gasteiger partial charge in [0, 0.05) is 39.3 Å². The zero-order valence-electron chi connectivity index (χ0n) is 43.8. The van der Waals surface area contributed by atoms with Crippen molar-refractivity contribution in [2.45, 2.75) is 164 Å². The van der Waals surface area contributed by atoms with Gasteiger partial charge in [0.1, 0.15) is 24.2 Å². The second kappa shape index (κ2) is 23.8. The number of hydrogen-bond donors (Lipinski definition) is 6. The second-order valence-corrected chi connectivity index (χ2v) is 24.5. The summed E-state index contributed by atoms with van der Waals surface area (Å²) in [6.45, 7) is 13.5. The lowest BCUT2D eigenvalue weighted by Crippen LogP contribution is -2.58. The van der Waals surface area contributed by atoms with E-state index in [4.69, 9.17) is 14.2 Å². The fourth-order valence-corrected chi connectivity index (χ4v) is 14.8. The lowest BCUT2D eigenvalue weighted by Gasteiger charge is -2.35. The fourth-order valence-electron chi connectivity index (χ4n) is 11.7. The molecule has 4 aliphatic heterocycles. The van der Waals surface area contributed by atoms with E-state index in [1.165, 1.54) is 0 Å². The first-order valence-corrected chi connectivity index (χ1v) is 28.4. The molecule has 0 bridgehead atoms. The van der Waals surface area contributed by atoms with Crippen molar-refractivity contribution in [3.8, 4) is 0 Å². The van der Waals surface area contributed by atoms with Crippen LogP contribution in [0.3, 0.4) is 0 Å². The maximum absolute atomic E-state index is 14.5. The highest BCUT2D eigenvalue weighted by Crippen LogP contribution is 2.48. The molecule has 6 N–H and O–H groups in total. The van der Waals surface area contributed by atoms with Crippen molar-refractivity contribution in [3.63, 3.8) is 0 Å². The molecule has 6 aliphatic rings. The average molecular weight is 1050 g/mol. The summed E-state index contributed by atoms with van der Waals surface area (Å²) in [6, 6.07) is 11.6. The van der Waals surface area contributed by atoms with Crippen LogP contribution in [0.5, 0.6) is 0 Å². The molecular formula is C54H78N8O9S2. The molecular weight excluding hydrogens is 969 g/mol. The van der Waals surface area contributed by atoms with Gasteiger partial charge in [-0.15, -0.1) is 23.5 Å². The largest absolute Gasteiger partial charge is 0.381 e. The lowest BCUT2D eigenvalue weighted by atomic mass is 9.83. The van der Waals surface area contributed by atoms with Crippen LogP contribution in [0.15, 0.2) is 48.5 Å². The van der Waals surface area contributed by atoms with E-state index in [9.17, 15) is 28.8 Å². The number of benzene rings is 2. The number of thioether (sulfide) groups is 2. The molecule has 0 radical (unpaired) electrons. The zero-order chi connectivity index (χ0) is 52.2. The van der Waals surface area contributed by atoms with Gasteiger partial charge in [0.05, 0.1) is 47.1 Å². The van der Waals surface area contributed by atoms with Crippen molar-refractivity contribution in [1.29, 1.82) is 0 Å². The predicted molar refractivity (Wildman–Crippen MR) is 282 cm³/mol. The van der Waals surface area contributed by atoms with Crippen LogP contribution in [0.2, 0.25) is 0 Å². The summed E-state index contributed by atoms with van der Waals surface area (Å²) in [5.74, 6) is 0.0402. The van der Waals surface area contributed by atoms with Crippen LogP contribution in [-0.2, 0) is 55.8 Å². The number of likely N-dealkylation sites (N-methyl/N-ethyl adjacent to an activating group) is 2. The van der Waals surface area contributed by atoms with Gasteiger partial charge in [-0.05, 0) is 111 Å². The van der Waals surface area contributed by atoms with E-state index in [2.05, 4.69) is 44.0 Å². The average Bonchev–Trinajstić information content (AvgIpc) is 4.01. The Bertz CT molecular complexity index is 2180. The van der Waals surface area contributed by atoms with E-state index in [1.807, 2.05) is 64.1 Å². The maximum Gasteiger partial charge on any atom is 0.246 e. The Hall–Kier alpha value is -4.24. The second-order valence-electron chi connectivity index (χ2n) is 22.0. The normalized spacial score (nSPS) is 29.8. The van der Waals surface area contributed by atoms with Crippen LogP contribution in [-0.4, -0.2) is 156 Å². The van der Waals surface area contributed by atoms with Crippen LogP contribution in [0.25, 0.3) is 0 Å². The topological polar surface area (TPSA) is 209 Å². The van der Waals surface area contributed by atoms with Crippen LogP contribution in [0.4, 0.5) is 0 Å². The third-order valence-corrected chi connectivity index (χ3v) is 18.4. The van der Waals surface area contributed by atoms with Crippen LogP contribution in [0.1, 0.15) is 114 Å². The Morgan fingerprint density at radius 1 is 0.616 bits per heavy atom. The molecule has 19 heteroatoms. The number of fused-ring (bicyclic) bond motifs is 4. The third kappa shape index (κ3) is 12.1. The minimum atomic E-state index is -0.720. The van der Waals surface area contributed by atoms with E-state index >= 15 is 0 Å². The van der Waals surface area contributed by atoms with Gasteiger partial charge >= 0.3 is 0 Å². The van der Waals surface area contributed by atoms with E-state index in [0.717, 1.165) is 22.3 Å². The highest BCUT2D eigenvalue weighted by molar-refractivity contribution is 8.00. The number of nitrogens with zero attached hydrogens (tertiary/aromatic N) is 2. The van der Waals surface area contributed by atoms with E-state index in [1.54, 1.807) is 61.3 Å². The SMILES string of the molecule is CN[C@@H](C)C(=O)NC1CCSC2CC(C)(C)C(C(=O)N[C@H]3c4ccccc4C[C@H]3OCCCOCCCO[C@@H]3Cc4ccccc4[C@@H]3NC(=O)[C@H]3N4C(=O)[C@@H](NC(=O)[C@H](C)NC)CCS[C@H]4CC3(C)C)N2C1=O. The molecule has 0 saturated carbocycles.